The lowest BCUT2D eigenvalue weighted by Gasteiger charge is -2.05. The molecule has 0 aromatic heterocycles. The van der Waals surface area contributed by atoms with Gasteiger partial charge >= 0.3 is 0 Å². The summed E-state index contributed by atoms with van der Waals surface area (Å²) < 4.78 is 0. The molecule has 3 N–H and O–H groups in total. The van der Waals surface area contributed by atoms with Gasteiger partial charge in [-0.2, -0.15) is 5.26 Å². The zero-order chi connectivity index (χ0) is 16.7. The van der Waals surface area contributed by atoms with E-state index in [-0.39, 0.29) is 17.1 Å². The van der Waals surface area contributed by atoms with Crippen LogP contribution in [-0.4, -0.2) is 22.7 Å². The van der Waals surface area contributed by atoms with Crippen molar-refractivity contribution in [2.24, 2.45) is 0 Å². The van der Waals surface area contributed by atoms with Crippen molar-refractivity contribution in [2.45, 2.75) is 6.42 Å². The Kier molecular flexibility index (Phi) is 5.37. The molecule has 2 rings (SSSR count). The van der Waals surface area contributed by atoms with Gasteiger partial charge in [-0.3, -0.25) is 4.79 Å². The molecule has 2 aromatic rings. The Hall–Kier alpha value is -3.26. The van der Waals surface area contributed by atoms with E-state index in [4.69, 9.17) is 5.26 Å². The number of nitrogens with one attached hydrogen (secondary N) is 1. The van der Waals surface area contributed by atoms with Crippen LogP contribution in [0, 0.1) is 11.3 Å². The van der Waals surface area contributed by atoms with E-state index < -0.39 is 5.91 Å². The Labute approximate surface area is 134 Å². The van der Waals surface area contributed by atoms with E-state index in [2.05, 4.69) is 5.32 Å². The van der Waals surface area contributed by atoms with Crippen LogP contribution in [0.15, 0.2) is 54.1 Å². The van der Waals surface area contributed by atoms with Crippen LogP contribution in [0.2, 0.25) is 0 Å². The zero-order valence-electron chi connectivity index (χ0n) is 12.4. The molecule has 0 unspecified atom stereocenters. The molecule has 5 nitrogen and oxygen atoms in total. The van der Waals surface area contributed by atoms with Gasteiger partial charge in [-0.15, -0.1) is 0 Å². The van der Waals surface area contributed by atoms with Gasteiger partial charge in [0.25, 0.3) is 5.91 Å². The molecule has 0 fully saturated rings. The molecule has 0 heterocycles. The number of nitriles is 1. The first-order valence-electron chi connectivity index (χ1n) is 7.05. The number of hydrogen-bond donors (Lipinski definition) is 3. The van der Waals surface area contributed by atoms with Gasteiger partial charge in [-0.1, -0.05) is 24.3 Å². The molecule has 2 aromatic carbocycles. The fourth-order valence-electron chi connectivity index (χ4n) is 1.96. The topological polar surface area (TPSA) is 93.3 Å². The smallest absolute Gasteiger partial charge is 0.261 e. The summed E-state index contributed by atoms with van der Waals surface area (Å²) in [4.78, 5) is 12.0. The van der Waals surface area contributed by atoms with Gasteiger partial charge in [-0.05, 0) is 47.9 Å². The summed E-state index contributed by atoms with van der Waals surface area (Å²) in [6.45, 7) is 0.387. The summed E-state index contributed by atoms with van der Waals surface area (Å²) >= 11 is 0. The van der Waals surface area contributed by atoms with Crippen molar-refractivity contribution in [1.29, 1.82) is 5.26 Å². The first-order chi connectivity index (χ1) is 11.1. The Morgan fingerprint density at radius 2 is 1.61 bits per heavy atom. The van der Waals surface area contributed by atoms with Crippen molar-refractivity contribution < 1.29 is 15.0 Å². The first kappa shape index (κ1) is 16.1. The van der Waals surface area contributed by atoms with Crippen molar-refractivity contribution in [3.05, 3.63) is 65.2 Å². The van der Waals surface area contributed by atoms with Gasteiger partial charge in [0.15, 0.2) is 0 Å². The summed E-state index contributed by atoms with van der Waals surface area (Å²) in [5.41, 5.74) is 1.64. The average Bonchev–Trinajstić information content (AvgIpc) is 2.56. The van der Waals surface area contributed by atoms with E-state index in [1.807, 2.05) is 6.07 Å². The lowest BCUT2D eigenvalue weighted by Crippen LogP contribution is -2.26. The third-order valence-corrected chi connectivity index (χ3v) is 3.20. The van der Waals surface area contributed by atoms with Crippen molar-refractivity contribution in [3.63, 3.8) is 0 Å². The number of benzene rings is 2. The zero-order valence-corrected chi connectivity index (χ0v) is 12.4. The first-order valence-corrected chi connectivity index (χ1v) is 7.05. The number of rotatable bonds is 5. The number of phenolic OH excluding ortho intramolecular Hbond substituents is 2. The number of nitrogens with zero attached hydrogens (tertiary/aromatic N) is 1. The second-order valence-electron chi connectivity index (χ2n) is 4.93. The average molecular weight is 308 g/mol. The highest BCUT2D eigenvalue weighted by molar-refractivity contribution is 6.01. The molecule has 0 aliphatic carbocycles. The predicted molar refractivity (Wildman–Crippen MR) is 86.5 cm³/mol. The largest absolute Gasteiger partial charge is 0.508 e. The summed E-state index contributed by atoms with van der Waals surface area (Å²) in [6.07, 6.45) is 2.07. The van der Waals surface area contributed by atoms with Crippen molar-refractivity contribution in [3.8, 4) is 17.6 Å². The Bertz CT molecular complexity index is 741. The highest BCUT2D eigenvalue weighted by Crippen LogP contribution is 2.13. The molecule has 0 bridgehead atoms. The van der Waals surface area contributed by atoms with Crippen molar-refractivity contribution in [1.82, 2.24) is 5.32 Å². The van der Waals surface area contributed by atoms with Crippen molar-refractivity contribution >= 4 is 12.0 Å². The molecular weight excluding hydrogens is 292 g/mol. The van der Waals surface area contributed by atoms with Crippen LogP contribution in [0.5, 0.6) is 11.5 Å². The fourth-order valence-corrected chi connectivity index (χ4v) is 1.96. The van der Waals surface area contributed by atoms with Gasteiger partial charge in [0.1, 0.15) is 23.1 Å². The molecule has 0 spiro atoms. The number of carbonyl (C=O) groups is 1. The van der Waals surface area contributed by atoms with Crippen LogP contribution >= 0.6 is 0 Å². The van der Waals surface area contributed by atoms with E-state index in [0.29, 0.717) is 18.5 Å². The van der Waals surface area contributed by atoms with Gasteiger partial charge in [0.05, 0.1) is 0 Å². The highest BCUT2D eigenvalue weighted by atomic mass is 16.3. The molecule has 23 heavy (non-hydrogen) atoms. The Morgan fingerprint density at radius 3 is 2.17 bits per heavy atom. The van der Waals surface area contributed by atoms with E-state index in [9.17, 15) is 15.0 Å². The monoisotopic (exact) mass is 308 g/mol. The van der Waals surface area contributed by atoms with Gasteiger partial charge in [0.2, 0.25) is 0 Å². The summed E-state index contributed by atoms with van der Waals surface area (Å²) in [5, 5.41) is 30.2. The molecule has 0 atom stereocenters. The second kappa shape index (κ2) is 7.66. The highest BCUT2D eigenvalue weighted by Gasteiger charge is 2.08. The molecular formula is C18H16N2O3. The number of hydrogen-bond acceptors (Lipinski definition) is 4. The van der Waals surface area contributed by atoms with Crippen LogP contribution in [0.3, 0.4) is 0 Å². The minimum Gasteiger partial charge on any atom is -0.508 e. The van der Waals surface area contributed by atoms with Crippen LogP contribution in [0.1, 0.15) is 11.1 Å². The van der Waals surface area contributed by atoms with Crippen LogP contribution in [0.4, 0.5) is 0 Å². The summed E-state index contributed by atoms with van der Waals surface area (Å²) in [7, 11) is 0. The normalized spacial score (nSPS) is 10.8. The molecule has 0 saturated carbocycles. The molecule has 0 saturated heterocycles. The van der Waals surface area contributed by atoms with Crippen LogP contribution < -0.4 is 5.32 Å². The molecule has 116 valence electrons. The maximum absolute atomic E-state index is 12.0. The quantitative estimate of drug-likeness (QED) is 0.584. The Balaban J connectivity index is 1.93. The third-order valence-electron chi connectivity index (χ3n) is 3.20. The standard InChI is InChI=1S/C18H16N2O3/c19-12-15(11-14-3-7-17(22)8-4-14)18(23)20-10-9-13-1-5-16(21)6-2-13/h1-8,11,21-22H,9-10H2,(H,20,23)/b15-11+. The maximum atomic E-state index is 12.0. The summed E-state index contributed by atoms with van der Waals surface area (Å²) in [6, 6.07) is 14.8. The number of phenols is 2. The van der Waals surface area contributed by atoms with E-state index in [0.717, 1.165) is 5.56 Å². The van der Waals surface area contributed by atoms with Gasteiger partial charge in [0, 0.05) is 6.54 Å². The van der Waals surface area contributed by atoms with E-state index in [1.54, 1.807) is 36.4 Å². The van der Waals surface area contributed by atoms with Crippen molar-refractivity contribution in [2.75, 3.05) is 6.54 Å². The van der Waals surface area contributed by atoms with Gasteiger partial charge in [-0.25, -0.2) is 0 Å². The Morgan fingerprint density at radius 1 is 1.04 bits per heavy atom. The SMILES string of the molecule is N#C/C(=C\c1ccc(O)cc1)C(=O)NCCc1ccc(O)cc1. The van der Waals surface area contributed by atoms with E-state index in [1.165, 1.54) is 18.2 Å². The second-order valence-corrected chi connectivity index (χ2v) is 4.93. The van der Waals surface area contributed by atoms with E-state index >= 15 is 0 Å². The number of carbonyl (C=O) groups excluding carboxylic acids is 1. The lowest BCUT2D eigenvalue weighted by atomic mass is 10.1. The molecule has 0 aliphatic rings. The maximum Gasteiger partial charge on any atom is 0.261 e. The van der Waals surface area contributed by atoms with Gasteiger partial charge < -0.3 is 15.5 Å². The minimum absolute atomic E-state index is 0.00129. The molecule has 1 amide bonds. The van der Waals surface area contributed by atoms with Crippen LogP contribution in [0.25, 0.3) is 6.08 Å². The molecule has 0 radical (unpaired) electrons. The number of aromatic hydroxyl groups is 2. The fraction of sp³-hybridized carbons (Fsp3) is 0.111. The van der Waals surface area contributed by atoms with Crippen LogP contribution in [-0.2, 0) is 11.2 Å². The minimum atomic E-state index is -0.445. The summed E-state index contributed by atoms with van der Waals surface area (Å²) in [5.74, 6) is -0.125. The molecule has 0 aliphatic heterocycles. The number of amides is 1. The molecule has 5 heteroatoms. The lowest BCUT2D eigenvalue weighted by molar-refractivity contribution is -0.117. The predicted octanol–water partition coefficient (Wildman–Crippen LogP) is 2.36. The third kappa shape index (κ3) is 4.90.